The average Bonchev–Trinajstić information content (AvgIpc) is 3.69. The third kappa shape index (κ3) is 3.50. The third-order valence-electron chi connectivity index (χ3n) is 8.52. The third-order valence-corrected chi connectivity index (χ3v) is 8.52. The van der Waals surface area contributed by atoms with Crippen LogP contribution in [0.15, 0.2) is 120 Å². The van der Waals surface area contributed by atoms with Crippen LogP contribution in [0.1, 0.15) is 0 Å². The molecule has 0 unspecified atom stereocenters. The van der Waals surface area contributed by atoms with Gasteiger partial charge in [-0.25, -0.2) is 21.1 Å². The molecule has 0 bridgehead atoms. The first-order valence-corrected chi connectivity index (χ1v) is 14.0. The van der Waals surface area contributed by atoms with Gasteiger partial charge in [0.15, 0.2) is 5.65 Å². The summed E-state index contributed by atoms with van der Waals surface area (Å²) in [6, 6.07) is 46.6. The second kappa shape index (κ2) is 9.15. The minimum atomic E-state index is 0. The number of nitrogens with zero attached hydrogens (tertiary/aromatic N) is 3. The summed E-state index contributed by atoms with van der Waals surface area (Å²) in [7, 11) is 0. The fourth-order valence-corrected chi connectivity index (χ4v) is 6.60. The van der Waals surface area contributed by atoms with Gasteiger partial charge in [0.05, 0.1) is 16.6 Å². The summed E-state index contributed by atoms with van der Waals surface area (Å²) in [5.74, 6) is 0. The van der Waals surface area contributed by atoms with E-state index in [-0.39, 0.29) is 31.1 Å². The Hall–Kier alpha value is -4.69. The average molecular weight is 772 g/mol. The van der Waals surface area contributed by atoms with Crippen LogP contribution in [0, 0.1) is 43.2 Å². The monoisotopic (exact) mass is 771 g/mol. The van der Waals surface area contributed by atoms with Crippen LogP contribution in [0.5, 0.6) is 0 Å². The summed E-state index contributed by atoms with van der Waals surface area (Å²) in [4.78, 5) is 10.3. The number of hydrogen-bond donors (Lipinski definition) is 0. The number of para-hydroxylation sites is 3. The van der Waals surface area contributed by atoms with Gasteiger partial charge in [-0.05, 0) is 58.4 Å². The molecule has 10 rings (SSSR count). The van der Waals surface area contributed by atoms with Gasteiger partial charge in [0.2, 0.25) is 0 Å². The molecule has 5 heteroatoms. The van der Waals surface area contributed by atoms with Crippen molar-refractivity contribution in [1.29, 1.82) is 0 Å². The Morgan fingerprint density at radius 3 is 2.23 bits per heavy atom. The largest absolute Gasteiger partial charge is 2.00 e. The Morgan fingerprint density at radius 2 is 1.35 bits per heavy atom. The Kier molecular flexibility index (Phi) is 5.29. The van der Waals surface area contributed by atoms with E-state index in [9.17, 15) is 0 Å². The molecule has 0 radical (unpaired) electrons. The summed E-state index contributed by atoms with van der Waals surface area (Å²) in [6.07, 6.45) is 0. The second-order valence-corrected chi connectivity index (χ2v) is 10.9. The first kappa shape index (κ1) is 24.9. The van der Waals surface area contributed by atoms with Crippen LogP contribution < -0.4 is 0 Å². The maximum absolute atomic E-state index is 6.12. The molecule has 0 saturated heterocycles. The van der Waals surface area contributed by atoms with Gasteiger partial charge in [-0.1, -0.05) is 47.9 Å². The molecule has 196 valence electrons. The summed E-state index contributed by atoms with van der Waals surface area (Å²) < 4.78 is 8.40. The predicted octanol–water partition coefficient (Wildman–Crippen LogP) is 9.61. The van der Waals surface area contributed by atoms with Crippen molar-refractivity contribution in [2.75, 3.05) is 0 Å². The summed E-state index contributed by atoms with van der Waals surface area (Å²) in [5.41, 5.74) is 11.9. The molecule has 0 fully saturated rings. The van der Waals surface area contributed by atoms with E-state index >= 15 is 0 Å². The Bertz CT molecular complexity index is 2690. The van der Waals surface area contributed by atoms with Crippen LogP contribution in [0.4, 0.5) is 0 Å². The molecule has 0 atom stereocenters. The van der Waals surface area contributed by atoms with Crippen LogP contribution in [0.2, 0.25) is 0 Å². The van der Waals surface area contributed by atoms with Crippen molar-refractivity contribution >= 4 is 71.3 Å². The first-order valence-electron chi connectivity index (χ1n) is 14.0. The molecule has 0 amide bonds. The fraction of sp³-hybridized carbons (Fsp3) is 0. The van der Waals surface area contributed by atoms with E-state index in [0.29, 0.717) is 0 Å². The van der Waals surface area contributed by atoms with Crippen molar-refractivity contribution in [2.45, 2.75) is 0 Å². The van der Waals surface area contributed by atoms with Crippen LogP contribution >= 0.6 is 0 Å². The van der Waals surface area contributed by atoms with Gasteiger partial charge in [0.25, 0.3) is 0 Å². The van der Waals surface area contributed by atoms with Gasteiger partial charge in [-0.15, -0.1) is 12.1 Å². The zero-order chi connectivity index (χ0) is 27.4. The van der Waals surface area contributed by atoms with E-state index in [4.69, 9.17) is 14.4 Å². The predicted molar refractivity (Wildman–Crippen MR) is 170 cm³/mol. The number of aromatic nitrogens is 3. The number of rotatable bonds is 2. The van der Waals surface area contributed by atoms with Crippen LogP contribution in [0.3, 0.4) is 0 Å². The summed E-state index contributed by atoms with van der Waals surface area (Å²) >= 11 is 0. The molecule has 4 aromatic heterocycles. The summed E-state index contributed by atoms with van der Waals surface area (Å²) in [5, 5.41) is 5.64. The minimum Gasteiger partial charge on any atom is -0.456 e. The number of furan rings is 1. The van der Waals surface area contributed by atoms with E-state index in [0.717, 1.165) is 88.2 Å². The molecular formula is C38H19N3OU. The standard InChI is InChI=1S/C38H19N3O.U/c1-2-8-22(9-3-1)24-14-16-26-29-19-25(23-15-17-35-28(18-23)27-10-4-7-13-34(27)42-35)20-30-36-38(41(37(29)30)33(26)21-24)40-32-12-6-5-11-31(32)39-36;/h1-8,10-13,15-21H;/q-2;+2. The van der Waals surface area contributed by atoms with Crippen molar-refractivity contribution in [3.8, 4) is 22.3 Å². The van der Waals surface area contributed by atoms with Crippen LogP contribution in [-0.2, 0) is 0 Å². The molecule has 6 aromatic carbocycles. The molecular weight excluding hydrogens is 752 g/mol. The van der Waals surface area contributed by atoms with Gasteiger partial charge in [0.1, 0.15) is 16.7 Å². The van der Waals surface area contributed by atoms with Crippen LogP contribution in [0.25, 0.3) is 93.6 Å². The van der Waals surface area contributed by atoms with Crippen molar-refractivity contribution in [3.63, 3.8) is 0 Å². The van der Waals surface area contributed by atoms with Crippen molar-refractivity contribution < 1.29 is 35.5 Å². The van der Waals surface area contributed by atoms with Gasteiger partial charge < -0.3 is 8.82 Å². The Morgan fingerprint density at radius 1 is 0.581 bits per heavy atom. The molecule has 0 aliphatic rings. The van der Waals surface area contributed by atoms with E-state index in [1.807, 2.05) is 54.6 Å². The molecule has 0 spiro atoms. The summed E-state index contributed by atoms with van der Waals surface area (Å²) in [6.45, 7) is 0. The van der Waals surface area contributed by atoms with Crippen molar-refractivity contribution in [3.05, 3.63) is 127 Å². The molecule has 0 aliphatic heterocycles. The topological polar surface area (TPSA) is 43.3 Å². The normalized spacial score (nSPS) is 12.0. The van der Waals surface area contributed by atoms with E-state index < -0.39 is 0 Å². The SMILES string of the molecule is [U+2].[c-]1ccccc1-c1[c-]cc2c3cc(-c4ccc5oc6ccccc6c5c4)cc4c5nc6ccccc6nc5n(c2c1)c34. The molecule has 10 aromatic rings. The quantitative estimate of drug-likeness (QED) is 0.165. The van der Waals surface area contributed by atoms with E-state index in [1.165, 1.54) is 5.39 Å². The van der Waals surface area contributed by atoms with Crippen molar-refractivity contribution in [2.24, 2.45) is 0 Å². The number of benzene rings is 6. The maximum Gasteiger partial charge on any atom is 2.00 e. The molecule has 0 aliphatic carbocycles. The van der Waals surface area contributed by atoms with Crippen molar-refractivity contribution in [1.82, 2.24) is 14.4 Å². The zero-order valence-corrected chi connectivity index (χ0v) is 26.9. The van der Waals surface area contributed by atoms with Gasteiger partial charge in [-0.2, -0.15) is 36.4 Å². The molecule has 4 heterocycles. The maximum atomic E-state index is 6.12. The first-order chi connectivity index (χ1) is 20.8. The van der Waals surface area contributed by atoms with Gasteiger partial charge in [-0.3, -0.25) is 0 Å². The molecule has 4 nitrogen and oxygen atoms in total. The fourth-order valence-electron chi connectivity index (χ4n) is 6.60. The van der Waals surface area contributed by atoms with Gasteiger partial charge in [0, 0.05) is 16.2 Å². The van der Waals surface area contributed by atoms with E-state index in [1.54, 1.807) is 0 Å². The molecule has 0 saturated carbocycles. The van der Waals surface area contributed by atoms with Gasteiger partial charge >= 0.3 is 31.1 Å². The number of fused-ring (bicyclic) bond motifs is 10. The zero-order valence-electron chi connectivity index (χ0n) is 22.7. The minimum absolute atomic E-state index is 0. The number of hydrogen-bond acceptors (Lipinski definition) is 3. The molecule has 0 N–H and O–H groups in total. The van der Waals surface area contributed by atoms with E-state index in [2.05, 4.69) is 77.2 Å². The Balaban J connectivity index is 0.00000260. The van der Waals surface area contributed by atoms with Crippen LogP contribution in [-0.4, -0.2) is 14.4 Å². The Labute approximate surface area is 269 Å². The smallest absolute Gasteiger partial charge is 0.456 e. The second-order valence-electron chi connectivity index (χ2n) is 10.9. The molecule has 43 heavy (non-hydrogen) atoms.